The van der Waals surface area contributed by atoms with Crippen molar-refractivity contribution in [2.75, 3.05) is 0 Å². The molecule has 0 fully saturated rings. The van der Waals surface area contributed by atoms with Gasteiger partial charge in [-0.25, -0.2) is 0 Å². The summed E-state index contributed by atoms with van der Waals surface area (Å²) >= 11 is 0. The third-order valence-corrected chi connectivity index (χ3v) is 1.55. The Morgan fingerprint density at radius 1 is 1.50 bits per heavy atom. The molecule has 0 spiro atoms. The average molecular weight is 230 g/mol. The molecule has 12 heavy (non-hydrogen) atoms. The molecule has 0 saturated carbocycles. The van der Waals surface area contributed by atoms with E-state index in [2.05, 4.69) is 6.58 Å². The van der Waals surface area contributed by atoms with Crippen LogP contribution in [-0.2, 0) is 0 Å². The summed E-state index contributed by atoms with van der Waals surface area (Å²) in [6.07, 6.45) is 4.95. The molecule has 0 saturated heterocycles. The van der Waals surface area contributed by atoms with Gasteiger partial charge in [-0.2, -0.15) is 4.57 Å². The largest absolute Gasteiger partial charge is 1.00 e. The van der Waals surface area contributed by atoms with Gasteiger partial charge in [0.2, 0.25) is 0 Å². The molecule has 0 amide bonds. The highest BCUT2D eigenvalue weighted by Gasteiger charge is 2.04. The smallest absolute Gasteiger partial charge is 0.257 e. The Balaban J connectivity index is 0.00000121. The quantitative estimate of drug-likeness (QED) is 0.591. The van der Waals surface area contributed by atoms with E-state index in [-0.39, 0.29) is 17.0 Å². The van der Waals surface area contributed by atoms with E-state index in [0.29, 0.717) is 0 Å². The Bertz CT molecular complexity index is 243. The normalized spacial score (nSPS) is 11.5. The fraction of sp³-hybridized carbons (Fsp3) is 0.222. The second kappa shape index (κ2) is 5.06. The summed E-state index contributed by atoms with van der Waals surface area (Å²) in [7, 11) is 0. The Kier molecular flexibility index (Phi) is 4.78. The number of hydrogen-bond donors (Lipinski definition) is 1. The lowest BCUT2D eigenvalue weighted by Crippen LogP contribution is -3.00. The van der Waals surface area contributed by atoms with Crippen LogP contribution in [-0.4, -0.2) is 5.11 Å². The van der Waals surface area contributed by atoms with E-state index in [4.69, 9.17) is 5.11 Å². The summed E-state index contributed by atoms with van der Waals surface area (Å²) in [4.78, 5) is 0. The monoisotopic (exact) mass is 229 g/mol. The fourth-order valence-electron chi connectivity index (χ4n) is 0.835. The molecule has 0 bridgehead atoms. The van der Waals surface area contributed by atoms with Crippen LogP contribution in [0, 0.1) is 0 Å². The summed E-state index contributed by atoms with van der Waals surface area (Å²) in [6.45, 7) is 5.35. The van der Waals surface area contributed by atoms with E-state index in [0.717, 1.165) is 5.56 Å². The number of aromatic nitrogens is 1. The van der Waals surface area contributed by atoms with Crippen molar-refractivity contribution in [3.05, 3.63) is 36.7 Å². The van der Waals surface area contributed by atoms with Gasteiger partial charge in [-0.05, 0) is 5.56 Å². The molecule has 0 radical (unpaired) electrons. The summed E-state index contributed by atoms with van der Waals surface area (Å²) in [5, 5.41) is 9.12. The third kappa shape index (κ3) is 2.75. The van der Waals surface area contributed by atoms with Crippen LogP contribution in [0.25, 0.3) is 6.08 Å². The van der Waals surface area contributed by atoms with Crippen LogP contribution in [0.2, 0.25) is 0 Å². The highest BCUT2D eigenvalue weighted by molar-refractivity contribution is 5.44. The minimum Gasteiger partial charge on any atom is -1.00 e. The molecule has 1 aromatic heterocycles. The fourth-order valence-corrected chi connectivity index (χ4v) is 0.835. The van der Waals surface area contributed by atoms with E-state index in [1.165, 1.54) is 0 Å². The van der Waals surface area contributed by atoms with Crippen LogP contribution < -0.4 is 21.5 Å². The molecule has 1 atom stereocenters. The van der Waals surface area contributed by atoms with Crippen LogP contribution in [0.5, 0.6) is 0 Å². The molecule has 0 aromatic carbocycles. The van der Waals surface area contributed by atoms with E-state index in [1.807, 2.05) is 24.5 Å². The molecule has 1 unspecified atom stereocenters. The zero-order valence-corrected chi connectivity index (χ0v) is 8.53. The zero-order valence-electron chi connectivity index (χ0n) is 6.94. The first-order valence-corrected chi connectivity index (χ1v) is 3.55. The standard InChI is InChI=1S/C9H12NO.BrH/c1-3-9-4-6-10(7-5-9)8(2)11;/h3-8,11H,1H2,2H3;1H/q+1;/p-1. The van der Waals surface area contributed by atoms with Gasteiger partial charge in [0.25, 0.3) is 6.23 Å². The van der Waals surface area contributed by atoms with Gasteiger partial charge >= 0.3 is 0 Å². The molecule has 1 heterocycles. The first-order chi connectivity index (χ1) is 5.24. The number of aliphatic hydroxyl groups is 1. The average Bonchev–Trinajstić information content (AvgIpc) is 2.05. The first-order valence-electron chi connectivity index (χ1n) is 3.55. The lowest BCUT2D eigenvalue weighted by Gasteiger charge is -1.97. The van der Waals surface area contributed by atoms with Crippen molar-refractivity contribution < 1.29 is 26.7 Å². The van der Waals surface area contributed by atoms with Crippen molar-refractivity contribution >= 4 is 6.08 Å². The second-order valence-electron chi connectivity index (χ2n) is 2.41. The van der Waals surface area contributed by atoms with Crippen molar-refractivity contribution in [3.8, 4) is 0 Å². The van der Waals surface area contributed by atoms with E-state index < -0.39 is 6.23 Å². The maximum absolute atomic E-state index is 9.12. The van der Waals surface area contributed by atoms with Gasteiger partial charge in [0, 0.05) is 19.1 Å². The third-order valence-electron chi connectivity index (χ3n) is 1.55. The van der Waals surface area contributed by atoms with Crippen molar-refractivity contribution in [1.82, 2.24) is 0 Å². The van der Waals surface area contributed by atoms with Crippen molar-refractivity contribution in [3.63, 3.8) is 0 Å². The predicted molar refractivity (Wildman–Crippen MR) is 43.7 cm³/mol. The molecule has 2 nitrogen and oxygen atoms in total. The molecule has 0 aliphatic rings. The van der Waals surface area contributed by atoms with Crippen LogP contribution >= 0.6 is 0 Å². The van der Waals surface area contributed by atoms with Gasteiger partial charge in [-0.1, -0.05) is 12.7 Å². The molecule has 1 N–H and O–H groups in total. The molecule has 3 heteroatoms. The molecular formula is C9H12BrNO. The van der Waals surface area contributed by atoms with Gasteiger partial charge in [-0.3, -0.25) is 0 Å². The highest BCUT2D eigenvalue weighted by Crippen LogP contribution is 1.97. The summed E-state index contributed by atoms with van der Waals surface area (Å²) in [5.41, 5.74) is 1.06. The predicted octanol–water partition coefficient (Wildman–Crippen LogP) is -1.87. The molecular weight excluding hydrogens is 218 g/mol. The van der Waals surface area contributed by atoms with Crippen molar-refractivity contribution in [1.29, 1.82) is 0 Å². The van der Waals surface area contributed by atoms with Crippen LogP contribution in [0.4, 0.5) is 0 Å². The van der Waals surface area contributed by atoms with Crippen LogP contribution in [0.1, 0.15) is 18.7 Å². The maximum Gasteiger partial charge on any atom is 0.257 e. The maximum atomic E-state index is 9.12. The minimum atomic E-state index is -0.464. The number of aliphatic hydroxyl groups excluding tert-OH is 1. The number of rotatable bonds is 2. The summed E-state index contributed by atoms with van der Waals surface area (Å²) in [5.74, 6) is 0. The minimum absolute atomic E-state index is 0. The topological polar surface area (TPSA) is 24.1 Å². The van der Waals surface area contributed by atoms with Crippen LogP contribution in [0.3, 0.4) is 0 Å². The van der Waals surface area contributed by atoms with Gasteiger partial charge in [0.05, 0.1) is 0 Å². The Hall–Kier alpha value is -0.670. The highest BCUT2D eigenvalue weighted by atomic mass is 79.9. The Morgan fingerprint density at radius 3 is 2.33 bits per heavy atom. The van der Waals surface area contributed by atoms with Crippen molar-refractivity contribution in [2.45, 2.75) is 13.2 Å². The van der Waals surface area contributed by atoms with Gasteiger partial charge < -0.3 is 22.1 Å². The number of pyridine rings is 1. The SMILES string of the molecule is C=Cc1cc[n+](C(C)O)cc1.[Br-]. The Morgan fingerprint density at radius 2 is 2.00 bits per heavy atom. The molecule has 0 aliphatic heterocycles. The number of hydrogen-bond acceptors (Lipinski definition) is 1. The lowest BCUT2D eigenvalue weighted by atomic mass is 10.3. The van der Waals surface area contributed by atoms with E-state index in [1.54, 1.807) is 17.6 Å². The zero-order chi connectivity index (χ0) is 8.27. The first kappa shape index (κ1) is 11.3. The molecule has 0 aliphatic carbocycles. The van der Waals surface area contributed by atoms with Crippen molar-refractivity contribution in [2.24, 2.45) is 0 Å². The van der Waals surface area contributed by atoms with Crippen LogP contribution in [0.15, 0.2) is 31.1 Å². The molecule has 1 aromatic rings. The molecule has 1 rings (SSSR count). The summed E-state index contributed by atoms with van der Waals surface area (Å²) in [6, 6.07) is 3.80. The summed E-state index contributed by atoms with van der Waals surface area (Å²) < 4.78 is 1.72. The van der Waals surface area contributed by atoms with E-state index in [9.17, 15) is 0 Å². The van der Waals surface area contributed by atoms with Gasteiger partial charge in [-0.15, -0.1) is 0 Å². The number of nitrogens with zero attached hydrogens (tertiary/aromatic N) is 1. The lowest BCUT2D eigenvalue weighted by molar-refractivity contribution is -0.755. The van der Waals surface area contributed by atoms with Gasteiger partial charge in [0.15, 0.2) is 12.4 Å². The second-order valence-corrected chi connectivity index (χ2v) is 2.41. The Labute approximate surface area is 82.9 Å². The van der Waals surface area contributed by atoms with Gasteiger partial charge in [0.1, 0.15) is 0 Å². The van der Waals surface area contributed by atoms with E-state index >= 15 is 0 Å². The number of halogens is 1. The molecule has 66 valence electrons.